The van der Waals surface area contributed by atoms with Crippen molar-refractivity contribution in [3.63, 3.8) is 0 Å². The molecule has 0 N–H and O–H groups in total. The number of ether oxygens (including phenoxy) is 4. The molecular weight excluding hydrogens is 396 g/mol. The Hall–Kier alpha value is -2.68. The molecule has 0 amide bonds. The van der Waals surface area contributed by atoms with Gasteiger partial charge in [0.2, 0.25) is 0 Å². The van der Waals surface area contributed by atoms with Gasteiger partial charge < -0.3 is 18.9 Å². The molecule has 0 heterocycles. The second kappa shape index (κ2) is 10.4. The van der Waals surface area contributed by atoms with Crippen LogP contribution in [0, 0.1) is 11.3 Å². The Morgan fingerprint density at radius 2 is 1.40 bits per heavy atom. The van der Waals surface area contributed by atoms with Gasteiger partial charge in [-0.15, -0.1) is 0 Å². The van der Waals surface area contributed by atoms with E-state index in [2.05, 4.69) is 35.6 Å². The van der Waals surface area contributed by atoms with E-state index in [1.807, 2.05) is 0 Å². The lowest BCUT2D eigenvalue weighted by molar-refractivity contribution is -0.453. The van der Waals surface area contributed by atoms with Crippen LogP contribution in [-0.2, 0) is 19.6 Å². The second-order valence-corrected chi connectivity index (χ2v) is 8.14. The van der Waals surface area contributed by atoms with Crippen LogP contribution >= 0.6 is 0 Å². The highest BCUT2D eigenvalue weighted by Crippen LogP contribution is 2.38. The van der Waals surface area contributed by atoms with Crippen LogP contribution in [0.3, 0.4) is 0 Å². The van der Waals surface area contributed by atoms with Crippen molar-refractivity contribution in [1.82, 2.24) is 0 Å². The molecular formula is C21H30O9. The molecule has 0 aliphatic heterocycles. The maximum absolute atomic E-state index is 12.2. The van der Waals surface area contributed by atoms with Crippen molar-refractivity contribution in [3.05, 3.63) is 17.7 Å². The van der Waals surface area contributed by atoms with Gasteiger partial charge in [-0.25, -0.2) is 14.5 Å². The lowest BCUT2D eigenvalue weighted by Gasteiger charge is -2.36. The quantitative estimate of drug-likeness (QED) is 0.355. The Morgan fingerprint density at radius 1 is 0.833 bits per heavy atom. The molecule has 0 atom stereocenters. The third-order valence-corrected chi connectivity index (χ3v) is 5.30. The van der Waals surface area contributed by atoms with Gasteiger partial charge in [0.1, 0.15) is 17.4 Å². The van der Waals surface area contributed by atoms with Crippen molar-refractivity contribution < 1.29 is 43.3 Å². The Labute approximate surface area is 176 Å². The summed E-state index contributed by atoms with van der Waals surface area (Å²) in [7, 11) is 4.25. The summed E-state index contributed by atoms with van der Waals surface area (Å²) < 4.78 is 20.7. The van der Waals surface area contributed by atoms with E-state index in [-0.39, 0.29) is 28.6 Å². The van der Waals surface area contributed by atoms with Crippen molar-refractivity contribution in [2.75, 3.05) is 21.3 Å². The van der Waals surface area contributed by atoms with Gasteiger partial charge in [0.05, 0.1) is 26.4 Å². The van der Waals surface area contributed by atoms with Crippen LogP contribution in [0.5, 0.6) is 17.2 Å². The fourth-order valence-corrected chi connectivity index (χ4v) is 3.51. The standard InChI is InChI=1S/C21H30O9/c1-21(2,3)13-7-9-14(10-8-13)27-20(23)29-30-28-19(22)15-11-17(25-5)18(26-6)12-16(15)24-4/h11-14H,7-10H2,1-6H3. The molecule has 1 fully saturated rings. The largest absolute Gasteiger partial charge is 0.543 e. The summed E-state index contributed by atoms with van der Waals surface area (Å²) in [4.78, 5) is 33.0. The SMILES string of the molecule is COc1cc(OC)c(C(=O)OOOC(=O)OC2CCC(C(C)(C)C)CC2)cc1OC. The zero-order chi connectivity index (χ0) is 22.3. The predicted octanol–water partition coefficient (Wildman–Crippen LogP) is 4.47. The minimum absolute atomic E-state index is 0.00683. The maximum Gasteiger partial charge on any atom is 0.543 e. The molecule has 0 radical (unpaired) electrons. The molecule has 1 saturated carbocycles. The molecule has 9 nitrogen and oxygen atoms in total. The Bertz CT molecular complexity index is 731. The normalized spacial score (nSPS) is 18.9. The lowest BCUT2D eigenvalue weighted by Crippen LogP contribution is -2.30. The third kappa shape index (κ3) is 6.16. The van der Waals surface area contributed by atoms with Crippen LogP contribution in [0.25, 0.3) is 0 Å². The van der Waals surface area contributed by atoms with Crippen LogP contribution in [0.15, 0.2) is 12.1 Å². The topological polar surface area (TPSA) is 98.8 Å². The molecule has 9 heteroatoms. The summed E-state index contributed by atoms with van der Waals surface area (Å²) in [5.74, 6) is 0.456. The molecule has 168 valence electrons. The van der Waals surface area contributed by atoms with E-state index in [0.717, 1.165) is 25.7 Å². The summed E-state index contributed by atoms with van der Waals surface area (Å²) in [6.45, 7) is 6.63. The fourth-order valence-electron chi connectivity index (χ4n) is 3.51. The minimum Gasteiger partial charge on any atom is -0.496 e. The molecule has 0 spiro atoms. The number of rotatable bonds is 7. The van der Waals surface area contributed by atoms with Crippen molar-refractivity contribution in [2.45, 2.75) is 52.6 Å². The number of hydrogen-bond donors (Lipinski definition) is 0. The molecule has 30 heavy (non-hydrogen) atoms. The van der Waals surface area contributed by atoms with E-state index in [1.165, 1.54) is 33.5 Å². The molecule has 0 bridgehead atoms. The van der Waals surface area contributed by atoms with Crippen molar-refractivity contribution in [2.24, 2.45) is 11.3 Å². The Morgan fingerprint density at radius 3 is 1.93 bits per heavy atom. The monoisotopic (exact) mass is 426 g/mol. The maximum atomic E-state index is 12.2. The fraction of sp³-hybridized carbons (Fsp3) is 0.619. The summed E-state index contributed by atoms with van der Waals surface area (Å²) in [6, 6.07) is 2.81. The first-order valence-corrected chi connectivity index (χ1v) is 9.75. The van der Waals surface area contributed by atoms with E-state index >= 15 is 0 Å². The number of benzene rings is 1. The smallest absolute Gasteiger partial charge is 0.496 e. The minimum atomic E-state index is -1.07. The molecule has 1 aliphatic carbocycles. The van der Waals surface area contributed by atoms with Crippen molar-refractivity contribution in [3.8, 4) is 17.2 Å². The summed E-state index contributed by atoms with van der Waals surface area (Å²) in [6.07, 6.45) is 2.12. The van der Waals surface area contributed by atoms with Gasteiger partial charge in [0.25, 0.3) is 0 Å². The van der Waals surface area contributed by atoms with Crippen molar-refractivity contribution >= 4 is 12.1 Å². The van der Waals surface area contributed by atoms with Crippen LogP contribution in [-0.4, -0.2) is 39.6 Å². The third-order valence-electron chi connectivity index (χ3n) is 5.30. The molecule has 1 aromatic rings. The first-order chi connectivity index (χ1) is 14.2. The lowest BCUT2D eigenvalue weighted by atomic mass is 9.72. The number of hydrogen-bond acceptors (Lipinski definition) is 9. The van der Waals surface area contributed by atoms with E-state index in [1.54, 1.807) is 0 Å². The highest BCUT2D eigenvalue weighted by atomic mass is 17.5. The average Bonchev–Trinajstić information content (AvgIpc) is 2.72. The Balaban J connectivity index is 1.83. The van der Waals surface area contributed by atoms with Gasteiger partial charge >= 0.3 is 12.1 Å². The average molecular weight is 426 g/mol. The zero-order valence-corrected chi connectivity index (χ0v) is 18.3. The van der Waals surface area contributed by atoms with Crippen molar-refractivity contribution in [1.29, 1.82) is 0 Å². The number of carbonyl (C=O) groups is 2. The zero-order valence-electron chi connectivity index (χ0n) is 18.3. The number of methoxy groups -OCH3 is 3. The molecule has 0 unspecified atom stereocenters. The van der Waals surface area contributed by atoms with Gasteiger partial charge in [0, 0.05) is 12.1 Å². The molecule has 1 aromatic carbocycles. The predicted molar refractivity (Wildman–Crippen MR) is 105 cm³/mol. The van der Waals surface area contributed by atoms with Gasteiger partial charge in [0.15, 0.2) is 11.5 Å². The first kappa shape index (κ1) is 23.6. The van der Waals surface area contributed by atoms with E-state index in [4.69, 9.17) is 18.9 Å². The highest BCUT2D eigenvalue weighted by Gasteiger charge is 2.31. The van der Waals surface area contributed by atoms with Crippen LogP contribution in [0.2, 0.25) is 0 Å². The Kier molecular flexibility index (Phi) is 8.16. The highest BCUT2D eigenvalue weighted by molar-refractivity contribution is 5.93. The van der Waals surface area contributed by atoms with Gasteiger partial charge in [-0.2, -0.15) is 0 Å². The molecule has 1 aliphatic rings. The molecule has 0 saturated heterocycles. The van der Waals surface area contributed by atoms with Gasteiger partial charge in [-0.05, 0) is 37.0 Å². The van der Waals surface area contributed by atoms with Crippen LogP contribution in [0.1, 0.15) is 56.8 Å². The molecule has 2 rings (SSSR count). The second-order valence-electron chi connectivity index (χ2n) is 8.14. The van der Waals surface area contributed by atoms with Gasteiger partial charge in [-0.1, -0.05) is 20.8 Å². The number of carbonyl (C=O) groups excluding carboxylic acids is 2. The van der Waals surface area contributed by atoms with E-state index in [9.17, 15) is 9.59 Å². The van der Waals surface area contributed by atoms with Gasteiger partial charge in [-0.3, -0.25) is 4.89 Å². The van der Waals surface area contributed by atoms with E-state index in [0.29, 0.717) is 11.7 Å². The van der Waals surface area contributed by atoms with Crippen LogP contribution < -0.4 is 14.2 Å². The summed E-state index contributed by atoms with van der Waals surface area (Å²) in [5, 5.41) is 4.31. The first-order valence-electron chi connectivity index (χ1n) is 9.75. The van der Waals surface area contributed by atoms with Crippen LogP contribution in [0.4, 0.5) is 4.79 Å². The van der Waals surface area contributed by atoms with E-state index < -0.39 is 12.1 Å². The molecule has 0 aromatic heterocycles. The summed E-state index contributed by atoms with van der Waals surface area (Å²) >= 11 is 0. The summed E-state index contributed by atoms with van der Waals surface area (Å²) in [5.41, 5.74) is 0.223.